The molecule has 26 heavy (non-hydrogen) atoms. The molecule has 0 aliphatic carbocycles. The quantitative estimate of drug-likeness (QED) is 0.386. The Morgan fingerprint density at radius 1 is 1.00 bits per heavy atom. The molecule has 0 aliphatic rings. The summed E-state index contributed by atoms with van der Waals surface area (Å²) in [5.41, 5.74) is 1.18. The van der Waals surface area contributed by atoms with E-state index in [1.807, 2.05) is 6.07 Å². The molecule has 7 nitrogen and oxygen atoms in total. The molecule has 138 valence electrons. The minimum atomic E-state index is -1.71. The first-order valence-corrected chi connectivity index (χ1v) is 7.72. The van der Waals surface area contributed by atoms with E-state index in [2.05, 4.69) is 0 Å². The first-order chi connectivity index (χ1) is 12.6. The van der Waals surface area contributed by atoms with Gasteiger partial charge in [-0.25, -0.2) is 4.79 Å². The lowest BCUT2D eigenvalue weighted by atomic mass is 10.1. The number of esters is 1. The highest BCUT2D eigenvalue weighted by Gasteiger charge is 2.38. The Hall–Kier alpha value is -2.90. The normalized spacial score (nSPS) is 10.9. The number of methoxy groups -OCH3 is 3. The number of para-hydroxylation sites is 1. The lowest BCUT2D eigenvalue weighted by Gasteiger charge is -2.30. The van der Waals surface area contributed by atoms with Crippen LogP contribution in [0.5, 0.6) is 5.75 Å². The number of hydrogen-bond donors (Lipinski definition) is 0. The smallest absolute Gasteiger partial charge is 0.358 e. The van der Waals surface area contributed by atoms with Gasteiger partial charge >= 0.3 is 11.9 Å². The van der Waals surface area contributed by atoms with Crippen molar-refractivity contribution < 1.29 is 33.3 Å². The van der Waals surface area contributed by atoms with Crippen molar-refractivity contribution in [3.63, 3.8) is 0 Å². The molecule has 0 amide bonds. The minimum Gasteiger partial charge on any atom is -0.495 e. The molecular formula is C19H20O7. The summed E-state index contributed by atoms with van der Waals surface area (Å²) in [6, 6.07) is 13.6. The molecule has 0 aliphatic heterocycles. The Morgan fingerprint density at radius 3 is 2.27 bits per heavy atom. The Morgan fingerprint density at radius 2 is 1.69 bits per heavy atom. The predicted octanol–water partition coefficient (Wildman–Crippen LogP) is 2.63. The maximum Gasteiger partial charge on any atom is 0.358 e. The van der Waals surface area contributed by atoms with Crippen molar-refractivity contribution in [1.82, 2.24) is 0 Å². The SMILES string of the molecule is COc1c(COC=O)cccc1C(=O)OC(OC)(OC)c1ccccc1. The van der Waals surface area contributed by atoms with Crippen LogP contribution in [0.4, 0.5) is 0 Å². The number of ether oxygens (including phenoxy) is 5. The highest BCUT2D eigenvalue weighted by atomic mass is 16.9. The number of carbonyl (C=O) groups is 2. The van der Waals surface area contributed by atoms with E-state index in [-0.39, 0.29) is 17.9 Å². The van der Waals surface area contributed by atoms with E-state index in [1.165, 1.54) is 27.4 Å². The van der Waals surface area contributed by atoms with Crippen LogP contribution in [-0.4, -0.2) is 33.8 Å². The van der Waals surface area contributed by atoms with Crippen LogP contribution in [0, 0.1) is 0 Å². The second-order valence-electron chi connectivity index (χ2n) is 5.13. The summed E-state index contributed by atoms with van der Waals surface area (Å²) in [5.74, 6) is -2.19. The van der Waals surface area contributed by atoms with Crippen LogP contribution in [0.25, 0.3) is 0 Å². The molecule has 2 aromatic carbocycles. The van der Waals surface area contributed by atoms with E-state index in [9.17, 15) is 9.59 Å². The Labute approximate surface area is 151 Å². The van der Waals surface area contributed by atoms with Gasteiger partial charge in [-0.15, -0.1) is 0 Å². The van der Waals surface area contributed by atoms with Crippen LogP contribution in [0.2, 0.25) is 0 Å². The second kappa shape index (κ2) is 8.98. The van der Waals surface area contributed by atoms with Gasteiger partial charge in [0.15, 0.2) is 0 Å². The summed E-state index contributed by atoms with van der Waals surface area (Å²) in [5, 5.41) is 0. The zero-order valence-electron chi connectivity index (χ0n) is 14.8. The number of rotatable bonds is 9. The molecule has 0 saturated carbocycles. The van der Waals surface area contributed by atoms with Crippen LogP contribution >= 0.6 is 0 Å². The van der Waals surface area contributed by atoms with Gasteiger partial charge < -0.3 is 23.7 Å². The first kappa shape index (κ1) is 19.4. The van der Waals surface area contributed by atoms with E-state index < -0.39 is 11.9 Å². The highest BCUT2D eigenvalue weighted by molar-refractivity contribution is 5.93. The van der Waals surface area contributed by atoms with Crippen LogP contribution in [-0.2, 0) is 36.3 Å². The van der Waals surface area contributed by atoms with Crippen LogP contribution in [0.3, 0.4) is 0 Å². The zero-order chi connectivity index (χ0) is 19.0. The van der Waals surface area contributed by atoms with Crippen molar-refractivity contribution in [3.8, 4) is 5.75 Å². The third kappa shape index (κ3) is 4.01. The molecule has 0 N–H and O–H groups in total. The molecule has 0 unspecified atom stereocenters. The van der Waals surface area contributed by atoms with E-state index in [0.717, 1.165) is 0 Å². The van der Waals surface area contributed by atoms with E-state index in [1.54, 1.807) is 36.4 Å². The van der Waals surface area contributed by atoms with Crippen molar-refractivity contribution in [3.05, 3.63) is 65.2 Å². The van der Waals surface area contributed by atoms with Gasteiger partial charge in [-0.05, 0) is 18.2 Å². The fourth-order valence-corrected chi connectivity index (χ4v) is 2.50. The van der Waals surface area contributed by atoms with Gasteiger partial charge in [0.05, 0.1) is 12.7 Å². The van der Waals surface area contributed by atoms with E-state index >= 15 is 0 Å². The molecule has 2 rings (SSSR count). The summed E-state index contributed by atoms with van der Waals surface area (Å²) in [4.78, 5) is 23.2. The zero-order valence-corrected chi connectivity index (χ0v) is 14.8. The maximum absolute atomic E-state index is 12.8. The van der Waals surface area contributed by atoms with Gasteiger partial charge in [0.2, 0.25) is 0 Å². The van der Waals surface area contributed by atoms with Gasteiger partial charge in [0.25, 0.3) is 6.47 Å². The molecule has 0 heterocycles. The largest absolute Gasteiger partial charge is 0.495 e. The minimum absolute atomic E-state index is 0.0355. The van der Waals surface area contributed by atoms with Crippen LogP contribution in [0.1, 0.15) is 21.5 Å². The Bertz CT molecular complexity index is 739. The van der Waals surface area contributed by atoms with Gasteiger partial charge in [-0.1, -0.05) is 30.3 Å². The number of hydrogen-bond acceptors (Lipinski definition) is 7. The molecule has 0 radical (unpaired) electrons. The number of carbonyl (C=O) groups excluding carboxylic acids is 2. The van der Waals surface area contributed by atoms with Gasteiger partial charge in [0, 0.05) is 19.8 Å². The van der Waals surface area contributed by atoms with E-state index in [0.29, 0.717) is 17.6 Å². The predicted molar refractivity (Wildman–Crippen MR) is 91.4 cm³/mol. The molecule has 7 heteroatoms. The number of benzene rings is 2. The molecule has 0 spiro atoms. The maximum atomic E-state index is 12.8. The molecule has 2 aromatic rings. The third-order valence-electron chi connectivity index (χ3n) is 3.72. The topological polar surface area (TPSA) is 80.3 Å². The summed E-state index contributed by atoms with van der Waals surface area (Å²) in [6.07, 6.45) is 0. The summed E-state index contributed by atoms with van der Waals surface area (Å²) in [7, 11) is 4.15. The Balaban J connectivity index is 2.37. The fourth-order valence-electron chi connectivity index (χ4n) is 2.50. The standard InChI is InChI=1S/C19H20O7/c1-22-17-14(12-25-13-20)8-7-11-16(17)18(21)26-19(23-2,24-3)15-9-5-4-6-10-15/h4-11,13H,12H2,1-3H3. The molecule has 0 bridgehead atoms. The van der Waals surface area contributed by atoms with Crippen molar-refractivity contribution >= 4 is 12.4 Å². The first-order valence-electron chi connectivity index (χ1n) is 7.72. The molecular weight excluding hydrogens is 340 g/mol. The fraction of sp³-hybridized carbons (Fsp3) is 0.263. The molecule has 0 aromatic heterocycles. The Kier molecular flexibility index (Phi) is 6.71. The second-order valence-corrected chi connectivity index (χ2v) is 5.13. The van der Waals surface area contributed by atoms with Crippen molar-refractivity contribution in [2.24, 2.45) is 0 Å². The average Bonchev–Trinajstić information content (AvgIpc) is 2.70. The van der Waals surface area contributed by atoms with Gasteiger partial charge in [0.1, 0.15) is 17.9 Å². The van der Waals surface area contributed by atoms with Crippen molar-refractivity contribution in [1.29, 1.82) is 0 Å². The van der Waals surface area contributed by atoms with Crippen LogP contribution < -0.4 is 4.74 Å². The highest BCUT2D eigenvalue weighted by Crippen LogP contribution is 2.32. The summed E-state index contributed by atoms with van der Waals surface area (Å²) in [6.45, 7) is 0.285. The van der Waals surface area contributed by atoms with Gasteiger partial charge in [-0.3, -0.25) is 4.79 Å². The van der Waals surface area contributed by atoms with E-state index in [4.69, 9.17) is 23.7 Å². The van der Waals surface area contributed by atoms with Crippen LogP contribution in [0.15, 0.2) is 48.5 Å². The molecule has 0 saturated heterocycles. The molecule has 0 fully saturated rings. The van der Waals surface area contributed by atoms with Gasteiger partial charge in [-0.2, -0.15) is 0 Å². The summed E-state index contributed by atoms with van der Waals surface area (Å²) >= 11 is 0. The average molecular weight is 360 g/mol. The monoisotopic (exact) mass is 360 g/mol. The molecule has 0 atom stereocenters. The van der Waals surface area contributed by atoms with Crippen molar-refractivity contribution in [2.75, 3.05) is 21.3 Å². The lowest BCUT2D eigenvalue weighted by Crippen LogP contribution is -2.36. The lowest BCUT2D eigenvalue weighted by molar-refractivity contribution is -0.347. The van der Waals surface area contributed by atoms with Crippen molar-refractivity contribution in [2.45, 2.75) is 12.6 Å². The summed E-state index contributed by atoms with van der Waals surface area (Å²) < 4.78 is 26.3. The third-order valence-corrected chi connectivity index (χ3v) is 3.72.